The Labute approximate surface area is 173 Å². The summed E-state index contributed by atoms with van der Waals surface area (Å²) in [6.07, 6.45) is 12.2. The zero-order valence-electron chi connectivity index (χ0n) is 18.9. The molecule has 0 amide bonds. The molecule has 28 heavy (non-hydrogen) atoms. The van der Waals surface area contributed by atoms with Gasteiger partial charge in [-0.05, 0) is 48.3 Å². The molecule has 1 aliphatic rings. The Kier molecular flexibility index (Phi) is 8.79. The largest absolute Gasteiger partial charge is 0.348 e. The third kappa shape index (κ3) is 6.50. The molecule has 1 aromatic carbocycles. The molecule has 0 radical (unpaired) electrons. The van der Waals surface area contributed by atoms with Crippen LogP contribution in [0, 0.1) is 11.3 Å². The molecule has 2 heteroatoms. The van der Waals surface area contributed by atoms with Crippen LogP contribution in [0.25, 0.3) is 0 Å². The van der Waals surface area contributed by atoms with E-state index in [9.17, 15) is 4.79 Å². The number of Topliss-reactive ketones (excluding diaryl/α,β-unsaturated/α-hetero) is 1. The summed E-state index contributed by atoms with van der Waals surface area (Å²) in [7, 11) is 0. The summed E-state index contributed by atoms with van der Waals surface area (Å²) in [6, 6.07) is 8.95. The van der Waals surface area contributed by atoms with Crippen molar-refractivity contribution in [1.82, 2.24) is 0 Å². The number of anilines is 1. The molecule has 1 aliphatic heterocycles. The van der Waals surface area contributed by atoms with Gasteiger partial charge in [0.1, 0.15) is 0 Å². The lowest BCUT2D eigenvalue weighted by molar-refractivity contribution is -0.116. The number of carbonyl (C=O) groups excluding carboxylic acids is 1. The van der Waals surface area contributed by atoms with E-state index in [1.54, 1.807) is 0 Å². The number of allylic oxidation sites excluding steroid dienone is 1. The Hall–Kier alpha value is -1.57. The summed E-state index contributed by atoms with van der Waals surface area (Å²) >= 11 is 0. The maximum Gasteiger partial charge on any atom is 0.160 e. The van der Waals surface area contributed by atoms with Crippen LogP contribution in [0.15, 0.2) is 36.0 Å². The predicted molar refractivity (Wildman–Crippen MR) is 122 cm³/mol. The van der Waals surface area contributed by atoms with Gasteiger partial charge < -0.3 is 4.90 Å². The summed E-state index contributed by atoms with van der Waals surface area (Å²) in [5, 5.41) is 0. The summed E-state index contributed by atoms with van der Waals surface area (Å²) in [4.78, 5) is 15.2. The number of unbranched alkanes of at least 4 members (excludes halogenated alkanes) is 4. The maximum atomic E-state index is 12.9. The lowest BCUT2D eigenvalue weighted by atomic mass is 9.76. The van der Waals surface area contributed by atoms with Gasteiger partial charge in [0, 0.05) is 30.4 Å². The van der Waals surface area contributed by atoms with Gasteiger partial charge in [0.25, 0.3) is 0 Å². The number of benzene rings is 1. The number of rotatable bonds is 11. The summed E-state index contributed by atoms with van der Waals surface area (Å²) in [5.41, 5.74) is 3.60. The highest BCUT2D eigenvalue weighted by molar-refractivity contribution is 5.97. The molecule has 0 aliphatic carbocycles. The number of hydrogen-bond acceptors (Lipinski definition) is 2. The van der Waals surface area contributed by atoms with E-state index in [4.69, 9.17) is 0 Å². The average molecular weight is 384 g/mol. The predicted octanol–water partition coefficient (Wildman–Crippen LogP) is 7.33. The minimum atomic E-state index is -0.0203. The van der Waals surface area contributed by atoms with Gasteiger partial charge in [0.2, 0.25) is 0 Å². The summed E-state index contributed by atoms with van der Waals surface area (Å²) in [6.45, 7) is 12.2. The molecule has 0 N–H and O–H groups in total. The van der Waals surface area contributed by atoms with Gasteiger partial charge in [-0.2, -0.15) is 0 Å². The number of ketones is 1. The van der Waals surface area contributed by atoms with Crippen molar-refractivity contribution in [3.8, 4) is 0 Å². The SMILES string of the molecule is CCCCCCCC(=O)C1=CN(c2ccc(CC(C)CC)cc2)CCC1(C)C. The van der Waals surface area contributed by atoms with Crippen molar-refractivity contribution in [2.45, 2.75) is 92.4 Å². The van der Waals surface area contributed by atoms with Gasteiger partial charge in [0.15, 0.2) is 5.78 Å². The van der Waals surface area contributed by atoms with Crippen molar-refractivity contribution in [2.24, 2.45) is 11.3 Å². The third-order valence-corrected chi connectivity index (χ3v) is 6.35. The Bertz CT molecular complexity index is 641. The van der Waals surface area contributed by atoms with Crippen LogP contribution in [0.2, 0.25) is 0 Å². The quantitative estimate of drug-likeness (QED) is 0.373. The molecule has 0 saturated heterocycles. The van der Waals surface area contributed by atoms with Gasteiger partial charge >= 0.3 is 0 Å². The van der Waals surface area contributed by atoms with Gasteiger partial charge in [-0.3, -0.25) is 4.79 Å². The van der Waals surface area contributed by atoms with E-state index in [2.05, 4.69) is 70.0 Å². The highest BCUT2D eigenvalue weighted by Crippen LogP contribution is 2.37. The molecule has 1 heterocycles. The van der Waals surface area contributed by atoms with Crippen LogP contribution in [-0.2, 0) is 11.2 Å². The fraction of sp³-hybridized carbons (Fsp3) is 0.654. The first kappa shape index (κ1) is 22.7. The first-order chi connectivity index (χ1) is 13.4. The fourth-order valence-electron chi connectivity index (χ4n) is 3.98. The average Bonchev–Trinajstić information content (AvgIpc) is 2.68. The molecule has 1 aromatic rings. The Morgan fingerprint density at radius 2 is 1.75 bits per heavy atom. The molecular weight excluding hydrogens is 342 g/mol. The van der Waals surface area contributed by atoms with E-state index < -0.39 is 0 Å². The molecule has 1 unspecified atom stereocenters. The van der Waals surface area contributed by atoms with Crippen LogP contribution in [0.5, 0.6) is 0 Å². The van der Waals surface area contributed by atoms with Crippen molar-refractivity contribution >= 4 is 11.5 Å². The van der Waals surface area contributed by atoms with Gasteiger partial charge in [0.05, 0.1) is 0 Å². The molecule has 0 bridgehead atoms. The zero-order chi connectivity index (χ0) is 20.6. The molecule has 0 aromatic heterocycles. The topological polar surface area (TPSA) is 20.3 Å². The van der Waals surface area contributed by atoms with Gasteiger partial charge in [-0.1, -0.05) is 78.9 Å². The van der Waals surface area contributed by atoms with E-state index >= 15 is 0 Å². The van der Waals surface area contributed by atoms with E-state index in [1.165, 1.54) is 43.4 Å². The van der Waals surface area contributed by atoms with Gasteiger partial charge in [-0.25, -0.2) is 0 Å². The van der Waals surface area contributed by atoms with E-state index in [1.807, 2.05) is 0 Å². The first-order valence-corrected chi connectivity index (χ1v) is 11.5. The highest BCUT2D eigenvalue weighted by Gasteiger charge is 2.32. The number of hydrogen-bond donors (Lipinski definition) is 0. The van der Waals surface area contributed by atoms with Crippen molar-refractivity contribution in [2.75, 3.05) is 11.4 Å². The monoisotopic (exact) mass is 383 g/mol. The lowest BCUT2D eigenvalue weighted by Gasteiger charge is -2.37. The normalized spacial score (nSPS) is 17.3. The molecule has 0 fully saturated rings. The second kappa shape index (κ2) is 10.8. The van der Waals surface area contributed by atoms with E-state index in [0.29, 0.717) is 12.2 Å². The van der Waals surface area contributed by atoms with Crippen LogP contribution in [0.4, 0.5) is 5.69 Å². The molecular formula is C26H41NO. The molecule has 2 rings (SSSR count). The smallest absolute Gasteiger partial charge is 0.160 e. The van der Waals surface area contributed by atoms with Crippen molar-refractivity contribution in [3.63, 3.8) is 0 Å². The lowest BCUT2D eigenvalue weighted by Crippen LogP contribution is -2.35. The summed E-state index contributed by atoms with van der Waals surface area (Å²) in [5.74, 6) is 1.07. The Morgan fingerprint density at radius 1 is 1.07 bits per heavy atom. The zero-order valence-corrected chi connectivity index (χ0v) is 18.9. The molecule has 0 spiro atoms. The molecule has 156 valence electrons. The van der Waals surface area contributed by atoms with Crippen molar-refractivity contribution < 1.29 is 4.79 Å². The minimum Gasteiger partial charge on any atom is -0.348 e. The van der Waals surface area contributed by atoms with Crippen LogP contribution in [0.1, 0.15) is 91.5 Å². The first-order valence-electron chi connectivity index (χ1n) is 11.5. The fourth-order valence-corrected chi connectivity index (χ4v) is 3.98. The van der Waals surface area contributed by atoms with Crippen LogP contribution >= 0.6 is 0 Å². The molecule has 0 saturated carbocycles. The van der Waals surface area contributed by atoms with Crippen molar-refractivity contribution in [1.29, 1.82) is 0 Å². The molecule has 1 atom stereocenters. The second-order valence-electron chi connectivity index (χ2n) is 9.34. The van der Waals surface area contributed by atoms with E-state index in [-0.39, 0.29) is 5.41 Å². The second-order valence-corrected chi connectivity index (χ2v) is 9.34. The highest BCUT2D eigenvalue weighted by atomic mass is 16.1. The van der Waals surface area contributed by atoms with Crippen LogP contribution in [0.3, 0.4) is 0 Å². The van der Waals surface area contributed by atoms with E-state index in [0.717, 1.165) is 37.3 Å². The number of nitrogens with zero attached hydrogens (tertiary/aromatic N) is 1. The standard InChI is InChI=1S/C26H41NO/c1-6-8-9-10-11-12-25(28)24-20-27(18-17-26(24,4)5)23-15-13-22(14-16-23)19-21(3)7-2/h13-16,20-21H,6-12,17-19H2,1-5H3. The van der Waals surface area contributed by atoms with Crippen molar-refractivity contribution in [3.05, 3.63) is 41.6 Å². The Morgan fingerprint density at radius 3 is 2.39 bits per heavy atom. The maximum absolute atomic E-state index is 12.9. The van der Waals surface area contributed by atoms with Gasteiger partial charge in [-0.15, -0.1) is 0 Å². The van der Waals surface area contributed by atoms with Crippen LogP contribution in [-0.4, -0.2) is 12.3 Å². The van der Waals surface area contributed by atoms with Crippen LogP contribution < -0.4 is 4.90 Å². The molecule has 2 nitrogen and oxygen atoms in total. The number of carbonyl (C=O) groups is 1. The third-order valence-electron chi connectivity index (χ3n) is 6.35. The Balaban J connectivity index is 2.05. The minimum absolute atomic E-state index is 0.0203. The summed E-state index contributed by atoms with van der Waals surface area (Å²) < 4.78 is 0.